The van der Waals surface area contributed by atoms with E-state index in [0.717, 1.165) is 0 Å². The predicted molar refractivity (Wildman–Crippen MR) is 33.5 cm³/mol. The Labute approximate surface area is 46.1 Å². The van der Waals surface area contributed by atoms with Crippen molar-refractivity contribution in [2.45, 2.75) is 0 Å². The third-order valence-electron chi connectivity index (χ3n) is 0. The Bertz CT molecular complexity index is 53.0. The van der Waals surface area contributed by atoms with E-state index in [1.54, 1.807) is 0 Å². The van der Waals surface area contributed by atoms with E-state index in [9.17, 15) is 0 Å². The van der Waals surface area contributed by atoms with Gasteiger partial charge < -0.3 is 0 Å². The summed E-state index contributed by atoms with van der Waals surface area (Å²) in [5.41, 5.74) is 0. The van der Waals surface area contributed by atoms with Crippen molar-refractivity contribution in [2.75, 3.05) is 0 Å². The van der Waals surface area contributed by atoms with Gasteiger partial charge in [0.15, 0.2) is 0 Å². The third kappa shape index (κ3) is 31.1. The van der Waals surface area contributed by atoms with Crippen LogP contribution in [0.15, 0.2) is 0 Å². The van der Waals surface area contributed by atoms with Gasteiger partial charge in [0.25, 0.3) is 0 Å². The maximum atomic E-state index is 8.24. The zero-order valence-corrected chi connectivity index (χ0v) is 6.68. The number of rotatable bonds is 0. The Kier molecular flexibility index (Phi) is 2.49. The molecule has 5 heavy (non-hydrogen) atoms. The van der Waals surface area contributed by atoms with Gasteiger partial charge in [-0.3, -0.25) is 0 Å². The molecular formula is H3AsOS3. The monoisotopic (exact) mass is 190 g/mol. The molecule has 0 aliphatic rings. The first-order valence-electron chi connectivity index (χ1n) is 0.783. The molecule has 0 aromatic heterocycles. The summed E-state index contributed by atoms with van der Waals surface area (Å²) in [6.45, 7) is 0. The molecule has 5 heteroatoms. The van der Waals surface area contributed by atoms with Crippen molar-refractivity contribution in [1.82, 2.24) is 0 Å². The van der Waals surface area contributed by atoms with E-state index < -0.39 is 9.91 Å². The molecule has 0 rings (SSSR count). The average molecular weight is 190 g/mol. The molecule has 0 saturated carbocycles. The SMILES string of the molecule is O[As](=S)(S)S. The van der Waals surface area contributed by atoms with Crippen LogP contribution in [0, 0.1) is 0 Å². The van der Waals surface area contributed by atoms with Gasteiger partial charge in [-0.2, -0.15) is 0 Å². The third-order valence-corrected chi connectivity index (χ3v) is 0. The van der Waals surface area contributed by atoms with E-state index >= 15 is 0 Å². The molecule has 0 unspecified atom stereocenters. The van der Waals surface area contributed by atoms with E-state index in [0.29, 0.717) is 0 Å². The van der Waals surface area contributed by atoms with Crippen molar-refractivity contribution >= 4 is 42.1 Å². The van der Waals surface area contributed by atoms with Crippen LogP contribution in [-0.2, 0) is 0 Å². The van der Waals surface area contributed by atoms with Gasteiger partial charge in [-0.25, -0.2) is 0 Å². The van der Waals surface area contributed by atoms with Gasteiger partial charge >= 0.3 is 46.2 Å². The molecular weight excluding hydrogens is 187 g/mol. The fraction of sp³-hybridized carbons (Fsp3) is 0. The summed E-state index contributed by atoms with van der Waals surface area (Å²) in [6.07, 6.45) is 0. The van der Waals surface area contributed by atoms with Crippen molar-refractivity contribution in [2.24, 2.45) is 0 Å². The Morgan fingerprint density at radius 3 is 1.60 bits per heavy atom. The Hall–Kier alpha value is 1.44. The summed E-state index contributed by atoms with van der Waals surface area (Å²) >= 11 is 0. The molecule has 0 aliphatic carbocycles. The Morgan fingerprint density at radius 2 is 1.60 bits per heavy atom. The molecule has 0 aliphatic heterocycles. The van der Waals surface area contributed by atoms with E-state index in [1.165, 1.54) is 0 Å². The molecule has 0 bridgehead atoms. The van der Waals surface area contributed by atoms with Gasteiger partial charge in [0.1, 0.15) is 0 Å². The molecule has 0 atom stereocenters. The first kappa shape index (κ1) is 6.44. The molecule has 0 aromatic carbocycles. The van der Waals surface area contributed by atoms with Gasteiger partial charge in [0, 0.05) is 0 Å². The second-order valence-electron chi connectivity index (χ2n) is 0.513. The second kappa shape index (κ2) is 1.94. The van der Waals surface area contributed by atoms with Gasteiger partial charge in [0.2, 0.25) is 0 Å². The first-order valence-corrected chi connectivity index (χ1v) is 10.1. The van der Waals surface area contributed by atoms with E-state index in [4.69, 9.17) is 4.10 Å². The van der Waals surface area contributed by atoms with Crippen LogP contribution in [0.5, 0.6) is 0 Å². The summed E-state index contributed by atoms with van der Waals surface area (Å²) in [5, 5.41) is 0. The molecule has 0 radical (unpaired) electrons. The minimum atomic E-state index is -2.90. The van der Waals surface area contributed by atoms with Crippen LogP contribution in [0.2, 0.25) is 0 Å². The molecule has 0 aromatic rings. The molecule has 0 fully saturated rings. The van der Waals surface area contributed by atoms with Gasteiger partial charge in [-0.1, -0.05) is 0 Å². The molecule has 32 valence electrons. The molecule has 0 amide bonds. The van der Waals surface area contributed by atoms with E-state index in [2.05, 4.69) is 32.2 Å². The van der Waals surface area contributed by atoms with Crippen molar-refractivity contribution < 1.29 is 4.10 Å². The number of thiol groups is 2. The fourth-order valence-corrected chi connectivity index (χ4v) is 0. The summed E-state index contributed by atoms with van der Waals surface area (Å²) in [4.78, 5) is 0. The van der Waals surface area contributed by atoms with Crippen LogP contribution in [0.1, 0.15) is 0 Å². The summed E-state index contributed by atoms with van der Waals surface area (Å²) in [6, 6.07) is 0. The van der Waals surface area contributed by atoms with Gasteiger partial charge in [-0.15, -0.1) is 0 Å². The normalized spacial score (nSPS) is 11.8. The molecule has 1 nitrogen and oxygen atoms in total. The van der Waals surface area contributed by atoms with Crippen LogP contribution in [0.3, 0.4) is 0 Å². The fourth-order valence-electron chi connectivity index (χ4n) is 0. The first-order chi connectivity index (χ1) is 2.00. The predicted octanol–water partition coefficient (Wildman–Crippen LogP) is 0.471. The van der Waals surface area contributed by atoms with Crippen molar-refractivity contribution in [1.29, 1.82) is 0 Å². The van der Waals surface area contributed by atoms with Crippen LogP contribution in [-0.4, -0.2) is 14.0 Å². The quantitative estimate of drug-likeness (QED) is 0.381. The van der Waals surface area contributed by atoms with Gasteiger partial charge in [-0.05, 0) is 0 Å². The minimum absolute atomic E-state index is 2.90. The zero-order valence-electron chi connectivity index (χ0n) is 2.20. The topological polar surface area (TPSA) is 20.2 Å². The summed E-state index contributed by atoms with van der Waals surface area (Å²) in [5.74, 6) is 0. The van der Waals surface area contributed by atoms with Gasteiger partial charge in [0.05, 0.1) is 0 Å². The maximum absolute atomic E-state index is 8.24. The van der Waals surface area contributed by atoms with Crippen LogP contribution < -0.4 is 0 Å². The summed E-state index contributed by atoms with van der Waals surface area (Å²) in [7, 11) is 8.44. The van der Waals surface area contributed by atoms with Crippen LogP contribution in [0.4, 0.5) is 0 Å². The molecule has 0 saturated heterocycles. The van der Waals surface area contributed by atoms with Crippen molar-refractivity contribution in [3.05, 3.63) is 0 Å². The van der Waals surface area contributed by atoms with E-state index in [-0.39, 0.29) is 0 Å². The zero-order chi connectivity index (χ0) is 4.50. The van der Waals surface area contributed by atoms with E-state index in [1.807, 2.05) is 0 Å². The number of hydrogen-bond donors (Lipinski definition) is 3. The van der Waals surface area contributed by atoms with Crippen molar-refractivity contribution in [3.63, 3.8) is 0 Å². The second-order valence-corrected chi connectivity index (χ2v) is 15.9. The van der Waals surface area contributed by atoms with Crippen LogP contribution >= 0.6 is 32.2 Å². The molecule has 1 N–H and O–H groups in total. The average Bonchev–Trinajstić information content (AvgIpc) is 0.722. The standard InChI is InChI=1S/AsH3OS3/c2-1(3,4)5/h(H3,2,3,4,5). The summed E-state index contributed by atoms with van der Waals surface area (Å²) < 4.78 is 8.24. The van der Waals surface area contributed by atoms with Crippen molar-refractivity contribution in [3.8, 4) is 0 Å². The Balaban J connectivity index is 3.47. The van der Waals surface area contributed by atoms with Crippen LogP contribution in [0.25, 0.3) is 0 Å². The molecule has 0 heterocycles. The number of hydrogen-bond acceptors (Lipinski definition) is 1. The Morgan fingerprint density at radius 1 is 1.60 bits per heavy atom. The molecule has 0 spiro atoms.